The van der Waals surface area contributed by atoms with Gasteiger partial charge in [-0.2, -0.15) is 0 Å². The molecule has 4 aliphatic rings. The molecule has 0 N–H and O–H groups in total. The first-order valence-corrected chi connectivity index (χ1v) is 9.08. The minimum absolute atomic E-state index is 0.0545. The lowest BCUT2D eigenvalue weighted by atomic mass is 9.41. The molecule has 0 aliphatic heterocycles. The molecule has 0 radical (unpaired) electrons. The summed E-state index contributed by atoms with van der Waals surface area (Å²) in [5, 5.41) is 0. The van der Waals surface area contributed by atoms with Crippen LogP contribution in [0.5, 0.6) is 0 Å². The van der Waals surface area contributed by atoms with E-state index in [1.165, 1.54) is 57.7 Å². The fraction of sp³-hybridized carbons (Fsp3) is 0.850. The minimum Gasteiger partial charge on any atom is -0.303 e. The van der Waals surface area contributed by atoms with E-state index in [-0.39, 0.29) is 5.41 Å². The minimum atomic E-state index is -0.0545. The highest BCUT2D eigenvalue weighted by Gasteiger charge is 2.63. The van der Waals surface area contributed by atoms with Gasteiger partial charge in [0.05, 0.1) is 0 Å². The van der Waals surface area contributed by atoms with Crippen LogP contribution in [0, 0.1) is 34.0 Å². The van der Waals surface area contributed by atoms with E-state index in [0.717, 1.165) is 18.3 Å². The highest BCUT2D eigenvalue weighted by atomic mass is 16.1. The van der Waals surface area contributed by atoms with Crippen molar-refractivity contribution in [1.82, 2.24) is 0 Å². The van der Waals surface area contributed by atoms with Gasteiger partial charge < -0.3 is 4.79 Å². The van der Waals surface area contributed by atoms with Crippen molar-refractivity contribution in [3.63, 3.8) is 0 Å². The molecule has 0 aromatic heterocycles. The molecule has 1 nitrogen and oxygen atoms in total. The highest BCUT2D eigenvalue weighted by Crippen LogP contribution is 2.71. The van der Waals surface area contributed by atoms with Gasteiger partial charge in [-0.15, -0.1) is 0 Å². The Hall–Kier alpha value is -0.590. The fourth-order valence-electron chi connectivity index (χ4n) is 7.54. The van der Waals surface area contributed by atoms with Gasteiger partial charge in [-0.1, -0.05) is 32.4 Å². The molecule has 116 valence electrons. The molecule has 0 aromatic rings. The Kier molecular flexibility index (Phi) is 2.83. The summed E-state index contributed by atoms with van der Waals surface area (Å²) >= 11 is 0. The summed E-state index contributed by atoms with van der Waals surface area (Å²) in [5.74, 6) is 2.29. The Bertz CT molecular complexity index is 494. The third-order valence-corrected chi connectivity index (χ3v) is 8.37. The zero-order valence-corrected chi connectivity index (χ0v) is 13.8. The van der Waals surface area contributed by atoms with Crippen molar-refractivity contribution in [3.05, 3.63) is 12.2 Å². The summed E-state index contributed by atoms with van der Waals surface area (Å²) < 4.78 is 0. The Morgan fingerprint density at radius 2 is 1.90 bits per heavy atom. The molecule has 4 fully saturated rings. The first kappa shape index (κ1) is 14.0. The zero-order valence-electron chi connectivity index (χ0n) is 13.8. The van der Waals surface area contributed by atoms with E-state index in [9.17, 15) is 4.79 Å². The van der Waals surface area contributed by atoms with Crippen molar-refractivity contribution in [2.45, 2.75) is 71.6 Å². The lowest BCUT2D eigenvalue weighted by molar-refractivity contribution is -0.157. The van der Waals surface area contributed by atoms with Crippen LogP contribution in [0.3, 0.4) is 0 Å². The van der Waals surface area contributed by atoms with Gasteiger partial charge in [0.25, 0.3) is 0 Å². The third-order valence-electron chi connectivity index (χ3n) is 8.37. The molecule has 6 atom stereocenters. The molecule has 4 saturated carbocycles. The molecule has 21 heavy (non-hydrogen) atoms. The second-order valence-electron chi connectivity index (χ2n) is 9.30. The predicted molar refractivity (Wildman–Crippen MR) is 85.9 cm³/mol. The van der Waals surface area contributed by atoms with Crippen LogP contribution in [-0.2, 0) is 4.79 Å². The van der Waals surface area contributed by atoms with Crippen molar-refractivity contribution in [3.8, 4) is 0 Å². The van der Waals surface area contributed by atoms with Crippen molar-refractivity contribution < 1.29 is 4.79 Å². The Morgan fingerprint density at radius 3 is 2.67 bits per heavy atom. The average molecular weight is 286 g/mol. The third kappa shape index (κ3) is 1.67. The molecule has 0 saturated heterocycles. The van der Waals surface area contributed by atoms with Crippen LogP contribution < -0.4 is 0 Å². The number of carbonyl (C=O) groups is 1. The van der Waals surface area contributed by atoms with E-state index in [0.29, 0.717) is 16.7 Å². The number of allylic oxidation sites excluding steroid dienone is 1. The van der Waals surface area contributed by atoms with Gasteiger partial charge in [0.2, 0.25) is 0 Å². The van der Waals surface area contributed by atoms with Crippen LogP contribution in [0.4, 0.5) is 0 Å². The van der Waals surface area contributed by atoms with Gasteiger partial charge in [-0.05, 0) is 80.0 Å². The molecule has 2 bridgehead atoms. The largest absolute Gasteiger partial charge is 0.303 e. The van der Waals surface area contributed by atoms with E-state index in [4.69, 9.17) is 0 Å². The second-order valence-corrected chi connectivity index (χ2v) is 9.30. The van der Waals surface area contributed by atoms with Crippen LogP contribution in [0.2, 0.25) is 0 Å². The lowest BCUT2D eigenvalue weighted by Gasteiger charge is -2.63. The fourth-order valence-corrected chi connectivity index (χ4v) is 7.54. The van der Waals surface area contributed by atoms with Crippen molar-refractivity contribution in [1.29, 1.82) is 0 Å². The highest BCUT2D eigenvalue weighted by molar-refractivity contribution is 5.60. The Morgan fingerprint density at radius 1 is 1.10 bits per heavy atom. The van der Waals surface area contributed by atoms with E-state index in [1.54, 1.807) is 5.57 Å². The van der Waals surface area contributed by atoms with Gasteiger partial charge in [-0.25, -0.2) is 0 Å². The first-order chi connectivity index (χ1) is 9.94. The predicted octanol–water partition coefficient (Wildman–Crippen LogP) is 5.15. The summed E-state index contributed by atoms with van der Waals surface area (Å²) in [5.41, 5.74) is 2.46. The number of hydrogen-bond donors (Lipinski definition) is 0. The standard InChI is InChI=1S/C20H30O/c1-14-11-20-10-7-16-18(2,13-21)8-4-9-19(16,3)17(20)6-5-15(14)12-20/h13,15-17H,1,4-12H2,2-3H3/t15-,16-,17+,18-,19-,20-/m0/s1. The maximum absolute atomic E-state index is 11.8. The van der Waals surface area contributed by atoms with Gasteiger partial charge in [0.1, 0.15) is 6.29 Å². The molecule has 0 heterocycles. The summed E-state index contributed by atoms with van der Waals surface area (Å²) in [6.07, 6.45) is 13.1. The van der Waals surface area contributed by atoms with Gasteiger partial charge >= 0.3 is 0 Å². The quantitative estimate of drug-likeness (QED) is 0.481. The maximum atomic E-state index is 11.8. The molecule has 0 unspecified atom stereocenters. The molecule has 1 spiro atoms. The summed E-state index contributed by atoms with van der Waals surface area (Å²) in [6.45, 7) is 9.19. The van der Waals surface area contributed by atoms with Crippen LogP contribution in [0.15, 0.2) is 12.2 Å². The summed E-state index contributed by atoms with van der Waals surface area (Å²) in [7, 11) is 0. The van der Waals surface area contributed by atoms with E-state index in [1.807, 2.05) is 0 Å². The molecular weight excluding hydrogens is 256 g/mol. The Balaban J connectivity index is 1.75. The van der Waals surface area contributed by atoms with Crippen LogP contribution in [0.25, 0.3) is 0 Å². The molecule has 1 heteroatoms. The van der Waals surface area contributed by atoms with E-state index >= 15 is 0 Å². The number of rotatable bonds is 1. The summed E-state index contributed by atoms with van der Waals surface area (Å²) in [6, 6.07) is 0. The molecule has 0 amide bonds. The number of fused-ring (bicyclic) bond motifs is 3. The number of hydrogen-bond acceptors (Lipinski definition) is 1. The number of aldehydes is 1. The van der Waals surface area contributed by atoms with Crippen molar-refractivity contribution in [2.24, 2.45) is 34.0 Å². The van der Waals surface area contributed by atoms with Crippen LogP contribution in [-0.4, -0.2) is 6.29 Å². The van der Waals surface area contributed by atoms with Gasteiger partial charge in [0.15, 0.2) is 0 Å². The first-order valence-electron chi connectivity index (χ1n) is 9.08. The topological polar surface area (TPSA) is 17.1 Å². The van der Waals surface area contributed by atoms with Crippen LogP contribution in [0.1, 0.15) is 71.6 Å². The van der Waals surface area contributed by atoms with Gasteiger partial charge in [0, 0.05) is 5.41 Å². The van der Waals surface area contributed by atoms with E-state index in [2.05, 4.69) is 20.4 Å². The zero-order chi connectivity index (χ0) is 14.9. The lowest BCUT2D eigenvalue weighted by Crippen LogP contribution is -2.56. The van der Waals surface area contributed by atoms with Gasteiger partial charge in [-0.3, -0.25) is 0 Å². The molecule has 0 aromatic carbocycles. The monoisotopic (exact) mass is 286 g/mol. The molecule has 4 rings (SSSR count). The molecule has 4 aliphatic carbocycles. The SMILES string of the molecule is C=C1C[C@]23CC[C@@H]4[C@](C)(CCC[C@@]4(C)C=O)[C@H]2CC[C@H]1C3. The van der Waals surface area contributed by atoms with Crippen molar-refractivity contribution >= 4 is 6.29 Å². The molecular formula is C20H30O. The normalized spacial score (nSPS) is 55.7. The maximum Gasteiger partial charge on any atom is 0.126 e. The summed E-state index contributed by atoms with van der Waals surface area (Å²) in [4.78, 5) is 11.8. The average Bonchev–Trinajstić information content (AvgIpc) is 2.68. The Labute approximate surface area is 129 Å². The van der Waals surface area contributed by atoms with Crippen molar-refractivity contribution in [2.75, 3.05) is 0 Å². The second kappa shape index (κ2) is 4.24. The number of carbonyl (C=O) groups excluding carboxylic acids is 1. The smallest absolute Gasteiger partial charge is 0.126 e. The van der Waals surface area contributed by atoms with Crippen LogP contribution >= 0.6 is 0 Å². The van der Waals surface area contributed by atoms with E-state index < -0.39 is 0 Å².